The van der Waals surface area contributed by atoms with Crippen LogP contribution in [0.3, 0.4) is 0 Å². The summed E-state index contributed by atoms with van der Waals surface area (Å²) in [7, 11) is 4.65. The van der Waals surface area contributed by atoms with E-state index in [1.54, 1.807) is 33.5 Å². The maximum atomic E-state index is 6.09. The normalized spacial score (nSPS) is 11.4. The van der Waals surface area contributed by atoms with Crippen LogP contribution >= 0.6 is 0 Å². The number of hydrogen-bond donors (Lipinski definition) is 3. The Kier molecular flexibility index (Phi) is 9.13. The van der Waals surface area contributed by atoms with Crippen molar-refractivity contribution in [3.05, 3.63) is 23.9 Å². The first-order chi connectivity index (χ1) is 14.9. The molecule has 0 aliphatic heterocycles. The summed E-state index contributed by atoms with van der Waals surface area (Å²) >= 11 is 0. The monoisotopic (exact) mass is 431 g/mol. The maximum absolute atomic E-state index is 6.09. The van der Waals surface area contributed by atoms with E-state index >= 15 is 0 Å². The molecule has 0 fully saturated rings. The summed E-state index contributed by atoms with van der Waals surface area (Å²) in [6.07, 6.45) is 0. The second-order valence-electron chi connectivity index (χ2n) is 6.68. The third-order valence-electron chi connectivity index (χ3n) is 4.63. The van der Waals surface area contributed by atoms with Crippen molar-refractivity contribution in [3.8, 4) is 17.2 Å². The Balaban J connectivity index is 2.15. The van der Waals surface area contributed by atoms with Crippen LogP contribution in [0.4, 0.5) is 17.5 Å². The average Bonchev–Trinajstić information content (AvgIpc) is 2.75. The number of ether oxygens (including phenoxy) is 3. The van der Waals surface area contributed by atoms with Gasteiger partial charge in [0.15, 0.2) is 11.5 Å². The molecule has 0 aliphatic carbocycles. The van der Waals surface area contributed by atoms with E-state index in [4.69, 9.17) is 19.9 Å². The molecule has 10 heteroatoms. The van der Waals surface area contributed by atoms with E-state index in [-0.39, 0.29) is 11.9 Å². The highest BCUT2D eigenvalue weighted by atomic mass is 16.5. The van der Waals surface area contributed by atoms with Crippen molar-refractivity contribution in [2.24, 2.45) is 10.7 Å². The summed E-state index contributed by atoms with van der Waals surface area (Å²) in [5.74, 6) is 2.61. The molecule has 31 heavy (non-hydrogen) atoms. The second kappa shape index (κ2) is 11.8. The van der Waals surface area contributed by atoms with Crippen molar-refractivity contribution in [3.63, 3.8) is 0 Å². The zero-order valence-electron chi connectivity index (χ0n) is 19.2. The number of benzene rings is 1. The number of hydrogen-bond acceptors (Lipinski definition) is 8. The summed E-state index contributed by atoms with van der Waals surface area (Å²) in [6, 6.07) is 5.35. The molecule has 0 amide bonds. The topological polar surface area (TPSA) is 119 Å². The third-order valence-corrected chi connectivity index (χ3v) is 4.63. The highest BCUT2D eigenvalue weighted by Crippen LogP contribution is 2.39. The predicted molar refractivity (Wildman–Crippen MR) is 124 cm³/mol. The molecule has 2 rings (SSSR count). The lowest BCUT2D eigenvalue weighted by molar-refractivity contribution is 0.316. The molecular weight excluding hydrogens is 398 g/mol. The van der Waals surface area contributed by atoms with Crippen LogP contribution in [-0.2, 0) is 0 Å². The lowest BCUT2D eigenvalue weighted by Gasteiger charge is -2.18. The highest BCUT2D eigenvalue weighted by molar-refractivity contribution is 5.94. The summed E-state index contributed by atoms with van der Waals surface area (Å²) in [4.78, 5) is 15.4. The van der Waals surface area contributed by atoms with Gasteiger partial charge in [-0.3, -0.25) is 0 Å². The van der Waals surface area contributed by atoms with E-state index in [0.29, 0.717) is 28.8 Å². The minimum atomic E-state index is 0.133. The molecule has 170 valence electrons. The summed E-state index contributed by atoms with van der Waals surface area (Å²) < 4.78 is 16.1. The van der Waals surface area contributed by atoms with E-state index in [9.17, 15) is 0 Å². The highest BCUT2D eigenvalue weighted by Gasteiger charge is 2.13. The molecule has 1 heterocycles. The minimum absolute atomic E-state index is 0.133. The molecule has 0 radical (unpaired) electrons. The standard InChI is InChI=1S/C21H33N7O3/c1-7-28(8-2)10-9-23-18-11-14(3)24-21(26-18)27-20(22)25-15-12-16(29-4)19(31-6)17(13-15)30-5/h11-13H,7-10H2,1-6H3,(H4,22,23,24,25,26,27). The van der Waals surface area contributed by atoms with E-state index in [2.05, 4.69) is 44.3 Å². The van der Waals surface area contributed by atoms with Gasteiger partial charge in [0.2, 0.25) is 11.7 Å². The van der Waals surface area contributed by atoms with Gasteiger partial charge in [0.05, 0.1) is 21.3 Å². The Morgan fingerprint density at radius 3 is 2.23 bits per heavy atom. The molecule has 0 atom stereocenters. The fourth-order valence-corrected chi connectivity index (χ4v) is 3.01. The number of rotatable bonds is 11. The molecule has 2 aromatic rings. The summed E-state index contributed by atoms with van der Waals surface area (Å²) in [5, 5.41) is 6.33. The van der Waals surface area contributed by atoms with Gasteiger partial charge in [-0.2, -0.15) is 9.98 Å². The molecule has 0 spiro atoms. The number of likely N-dealkylation sites (N-methyl/N-ethyl adjacent to an activating group) is 1. The molecule has 0 unspecified atom stereocenters. The van der Waals surface area contributed by atoms with Crippen molar-refractivity contribution in [2.45, 2.75) is 20.8 Å². The number of methoxy groups -OCH3 is 3. The first kappa shape index (κ1) is 24.0. The number of aliphatic imine (C=N–C) groups is 1. The molecule has 1 aromatic heterocycles. The molecule has 0 bridgehead atoms. The molecule has 10 nitrogen and oxygen atoms in total. The summed E-state index contributed by atoms with van der Waals surface area (Å²) in [6.45, 7) is 9.92. The summed E-state index contributed by atoms with van der Waals surface area (Å²) in [5.41, 5.74) is 7.50. The van der Waals surface area contributed by atoms with Crippen LogP contribution < -0.4 is 30.6 Å². The van der Waals surface area contributed by atoms with Gasteiger partial charge in [-0.05, 0) is 20.0 Å². The molecule has 4 N–H and O–H groups in total. The predicted octanol–water partition coefficient (Wildman–Crippen LogP) is 2.62. The largest absolute Gasteiger partial charge is 0.493 e. The fraction of sp³-hybridized carbons (Fsp3) is 0.476. The lowest BCUT2D eigenvalue weighted by atomic mass is 10.2. The van der Waals surface area contributed by atoms with Crippen LogP contribution in [0.25, 0.3) is 0 Å². The van der Waals surface area contributed by atoms with E-state index in [1.165, 1.54) is 0 Å². The van der Waals surface area contributed by atoms with E-state index < -0.39 is 0 Å². The molecule has 1 aromatic carbocycles. The van der Waals surface area contributed by atoms with Gasteiger partial charge in [0.25, 0.3) is 5.95 Å². The van der Waals surface area contributed by atoms with Crippen molar-refractivity contribution in [1.82, 2.24) is 14.9 Å². The SMILES string of the molecule is CCN(CC)CCNc1cc(C)nc(/N=C(\N)Nc2cc(OC)c(OC)c(OC)c2)n1. The first-order valence-corrected chi connectivity index (χ1v) is 10.2. The number of nitrogens with two attached hydrogens (primary N) is 1. The average molecular weight is 432 g/mol. The molecule has 0 aliphatic rings. The van der Waals surface area contributed by atoms with Crippen LogP contribution in [0.1, 0.15) is 19.5 Å². The van der Waals surface area contributed by atoms with Crippen LogP contribution in [0.5, 0.6) is 17.2 Å². The Morgan fingerprint density at radius 1 is 1.03 bits per heavy atom. The number of guanidine groups is 1. The van der Waals surface area contributed by atoms with E-state index in [0.717, 1.165) is 31.9 Å². The minimum Gasteiger partial charge on any atom is -0.493 e. The molecule has 0 saturated heterocycles. The van der Waals surface area contributed by atoms with Gasteiger partial charge in [0, 0.05) is 42.7 Å². The Bertz CT molecular complexity index is 860. The van der Waals surface area contributed by atoms with E-state index in [1.807, 2.05) is 13.0 Å². The number of aryl methyl sites for hydroxylation is 1. The van der Waals surface area contributed by atoms with Crippen LogP contribution in [0.2, 0.25) is 0 Å². The first-order valence-electron chi connectivity index (χ1n) is 10.2. The smallest absolute Gasteiger partial charge is 0.254 e. The molecule has 0 saturated carbocycles. The zero-order chi connectivity index (χ0) is 22.8. The fourth-order valence-electron chi connectivity index (χ4n) is 3.01. The van der Waals surface area contributed by atoms with Gasteiger partial charge in [-0.25, -0.2) is 4.98 Å². The van der Waals surface area contributed by atoms with Gasteiger partial charge < -0.3 is 35.5 Å². The van der Waals surface area contributed by atoms with Crippen molar-refractivity contribution in [1.29, 1.82) is 0 Å². The number of anilines is 2. The van der Waals surface area contributed by atoms with Crippen molar-refractivity contribution >= 4 is 23.4 Å². The van der Waals surface area contributed by atoms with Gasteiger partial charge >= 0.3 is 0 Å². The van der Waals surface area contributed by atoms with Crippen LogP contribution in [0, 0.1) is 6.92 Å². The zero-order valence-corrected chi connectivity index (χ0v) is 19.2. The lowest BCUT2D eigenvalue weighted by Crippen LogP contribution is -2.28. The number of nitrogens with zero attached hydrogens (tertiary/aromatic N) is 4. The van der Waals surface area contributed by atoms with Gasteiger partial charge in [0.1, 0.15) is 5.82 Å². The van der Waals surface area contributed by atoms with Crippen LogP contribution in [-0.4, -0.2) is 68.3 Å². The van der Waals surface area contributed by atoms with Crippen LogP contribution in [0.15, 0.2) is 23.2 Å². The number of aromatic nitrogens is 2. The third kappa shape index (κ3) is 6.88. The second-order valence-corrected chi connectivity index (χ2v) is 6.68. The molecular formula is C21H33N7O3. The Hall–Kier alpha value is -3.27. The maximum Gasteiger partial charge on any atom is 0.254 e. The van der Waals surface area contributed by atoms with Crippen molar-refractivity contribution in [2.75, 3.05) is 58.1 Å². The Morgan fingerprint density at radius 2 is 1.68 bits per heavy atom. The quantitative estimate of drug-likeness (QED) is 0.364. The van der Waals surface area contributed by atoms with Gasteiger partial charge in [-0.1, -0.05) is 13.8 Å². The van der Waals surface area contributed by atoms with Gasteiger partial charge in [-0.15, -0.1) is 0 Å². The van der Waals surface area contributed by atoms with Crippen molar-refractivity contribution < 1.29 is 14.2 Å². The Labute approximate surface area is 183 Å². The number of nitrogens with one attached hydrogen (secondary N) is 2.